The van der Waals surface area contributed by atoms with Crippen molar-refractivity contribution >= 4 is 28.3 Å². The Morgan fingerprint density at radius 2 is 1.91 bits per heavy atom. The number of aryl methyl sites for hydroxylation is 1. The van der Waals surface area contributed by atoms with E-state index in [0.717, 1.165) is 45.3 Å². The number of imidazole rings is 1. The minimum Gasteiger partial charge on any atom is -0.461 e. The Morgan fingerprint density at radius 3 is 2.68 bits per heavy atom. The quantitative estimate of drug-likeness (QED) is 0.322. The minimum absolute atomic E-state index is 0.0258. The molecule has 4 saturated heterocycles. The molecule has 44 heavy (non-hydrogen) atoms. The SMILES string of the molecule is Cc1cc(N)nc(-c2cc3nc(OC[C@@]45CCCN4C[C@H](F)C5)nc(N4C[C@H]5CC[C@@H](C4)N5)c3n3ccnc23)c1C(F)(F)F. The Labute approximate surface area is 250 Å². The van der Waals surface area contributed by atoms with Crippen molar-refractivity contribution in [2.45, 2.75) is 69.0 Å². The second kappa shape index (κ2) is 9.86. The van der Waals surface area contributed by atoms with Gasteiger partial charge in [-0.3, -0.25) is 9.30 Å². The minimum atomic E-state index is -4.67. The van der Waals surface area contributed by atoms with Crippen LogP contribution in [0.3, 0.4) is 0 Å². The third kappa shape index (κ3) is 4.44. The molecule has 0 aliphatic carbocycles. The van der Waals surface area contributed by atoms with Gasteiger partial charge in [0.25, 0.3) is 0 Å². The number of nitrogens with one attached hydrogen (secondary N) is 1. The summed E-state index contributed by atoms with van der Waals surface area (Å²) in [5.74, 6) is 0.600. The summed E-state index contributed by atoms with van der Waals surface area (Å²) in [5.41, 5.74) is 5.81. The van der Waals surface area contributed by atoms with Crippen molar-refractivity contribution in [1.82, 2.24) is 34.6 Å². The molecule has 0 saturated carbocycles. The molecule has 4 aromatic heterocycles. The average molecular weight is 612 g/mol. The van der Waals surface area contributed by atoms with Crippen LogP contribution in [-0.2, 0) is 6.18 Å². The first-order valence-corrected chi connectivity index (χ1v) is 15.1. The molecule has 4 aliphatic heterocycles. The molecule has 0 aromatic carbocycles. The van der Waals surface area contributed by atoms with Crippen LogP contribution in [0.15, 0.2) is 24.5 Å². The number of ether oxygens (including phenoxy) is 1. The van der Waals surface area contributed by atoms with Crippen molar-refractivity contribution in [3.8, 4) is 17.3 Å². The Hall–Kier alpha value is -3.78. The number of hydrogen-bond acceptors (Lipinski definition) is 9. The second-order valence-corrected chi connectivity index (χ2v) is 12.7. The number of halogens is 4. The largest absolute Gasteiger partial charge is 0.461 e. The maximum atomic E-state index is 14.5. The highest BCUT2D eigenvalue weighted by molar-refractivity contribution is 5.95. The summed E-state index contributed by atoms with van der Waals surface area (Å²) in [7, 11) is 0. The molecule has 0 spiro atoms. The molecule has 4 aliphatic rings. The van der Waals surface area contributed by atoms with Crippen LogP contribution in [0.4, 0.5) is 29.2 Å². The van der Waals surface area contributed by atoms with E-state index in [2.05, 4.69) is 25.1 Å². The van der Waals surface area contributed by atoms with E-state index in [0.29, 0.717) is 41.9 Å². The summed E-state index contributed by atoms with van der Waals surface area (Å²) in [6.45, 7) is 4.26. The number of nitrogen functional groups attached to an aromatic ring is 1. The van der Waals surface area contributed by atoms with Crippen molar-refractivity contribution in [2.75, 3.05) is 43.4 Å². The van der Waals surface area contributed by atoms with Crippen molar-refractivity contribution in [1.29, 1.82) is 0 Å². The highest BCUT2D eigenvalue weighted by atomic mass is 19.4. The smallest absolute Gasteiger partial charge is 0.418 e. The van der Waals surface area contributed by atoms with E-state index < -0.39 is 23.5 Å². The molecule has 14 heteroatoms. The lowest BCUT2D eigenvalue weighted by Gasteiger charge is -2.34. The van der Waals surface area contributed by atoms with Crippen LogP contribution >= 0.6 is 0 Å². The van der Waals surface area contributed by atoms with Crippen LogP contribution in [0.1, 0.15) is 43.2 Å². The Bertz CT molecular complexity index is 1770. The third-order valence-electron chi connectivity index (χ3n) is 9.80. The second-order valence-electron chi connectivity index (χ2n) is 12.7. The lowest BCUT2D eigenvalue weighted by atomic mass is 9.95. The normalized spacial score (nSPS) is 27.1. The predicted octanol–water partition coefficient (Wildman–Crippen LogP) is 4.14. The predicted molar refractivity (Wildman–Crippen MR) is 156 cm³/mol. The van der Waals surface area contributed by atoms with Crippen molar-refractivity contribution in [3.63, 3.8) is 0 Å². The number of rotatable bonds is 5. The Morgan fingerprint density at radius 1 is 1.11 bits per heavy atom. The lowest BCUT2D eigenvalue weighted by Crippen LogP contribution is -2.51. The summed E-state index contributed by atoms with van der Waals surface area (Å²) < 4.78 is 65.7. The summed E-state index contributed by atoms with van der Waals surface area (Å²) in [6.07, 6.45) is 1.98. The van der Waals surface area contributed by atoms with Gasteiger partial charge in [0.2, 0.25) is 0 Å². The lowest BCUT2D eigenvalue weighted by molar-refractivity contribution is -0.137. The zero-order valence-electron chi connectivity index (χ0n) is 24.2. The van der Waals surface area contributed by atoms with Gasteiger partial charge in [-0.05, 0) is 56.8 Å². The highest BCUT2D eigenvalue weighted by Gasteiger charge is 2.49. The maximum absolute atomic E-state index is 14.5. The molecule has 8 rings (SSSR count). The van der Waals surface area contributed by atoms with Gasteiger partial charge in [-0.1, -0.05) is 0 Å². The molecule has 0 unspecified atom stereocenters. The Balaban J connectivity index is 1.31. The average Bonchev–Trinajstić information content (AvgIpc) is 3.73. The number of nitrogens with two attached hydrogens (primary N) is 1. The van der Waals surface area contributed by atoms with E-state index in [4.69, 9.17) is 20.4 Å². The zero-order chi connectivity index (χ0) is 30.4. The molecule has 4 fully saturated rings. The van der Waals surface area contributed by atoms with E-state index in [1.807, 2.05) is 0 Å². The van der Waals surface area contributed by atoms with Crippen molar-refractivity contribution in [2.24, 2.45) is 0 Å². The van der Waals surface area contributed by atoms with Gasteiger partial charge in [-0.2, -0.15) is 23.1 Å². The highest BCUT2D eigenvalue weighted by Crippen LogP contribution is 2.43. The molecule has 3 N–H and O–H groups in total. The first-order valence-electron chi connectivity index (χ1n) is 15.1. The van der Waals surface area contributed by atoms with Gasteiger partial charge in [-0.15, -0.1) is 0 Å². The van der Waals surface area contributed by atoms with Crippen LogP contribution in [0.2, 0.25) is 0 Å². The fourth-order valence-electron chi connectivity index (χ4n) is 7.98. The van der Waals surface area contributed by atoms with Crippen LogP contribution in [0.25, 0.3) is 27.9 Å². The van der Waals surface area contributed by atoms with Crippen LogP contribution in [0.5, 0.6) is 6.01 Å². The first-order chi connectivity index (χ1) is 21.1. The molecule has 10 nitrogen and oxygen atoms in total. The van der Waals surface area contributed by atoms with Crippen LogP contribution < -0.4 is 20.7 Å². The topological polar surface area (TPSA) is 110 Å². The number of piperazine rings is 1. The maximum Gasteiger partial charge on any atom is 0.418 e. The molecule has 4 aromatic rings. The number of aromatic nitrogens is 5. The summed E-state index contributed by atoms with van der Waals surface area (Å²) in [6, 6.07) is 3.52. The molecule has 8 heterocycles. The molecule has 0 radical (unpaired) electrons. The van der Waals surface area contributed by atoms with Gasteiger partial charge < -0.3 is 20.7 Å². The van der Waals surface area contributed by atoms with E-state index in [1.54, 1.807) is 22.9 Å². The van der Waals surface area contributed by atoms with Crippen molar-refractivity contribution in [3.05, 3.63) is 35.7 Å². The van der Waals surface area contributed by atoms with E-state index in [-0.39, 0.29) is 40.9 Å². The van der Waals surface area contributed by atoms with E-state index >= 15 is 0 Å². The number of pyridine rings is 2. The van der Waals surface area contributed by atoms with Crippen LogP contribution in [0, 0.1) is 6.92 Å². The monoisotopic (exact) mass is 611 g/mol. The number of anilines is 2. The molecule has 2 bridgehead atoms. The van der Waals surface area contributed by atoms with Gasteiger partial charge in [0.1, 0.15) is 29.8 Å². The summed E-state index contributed by atoms with van der Waals surface area (Å²) in [4.78, 5) is 22.7. The molecule has 4 atom stereocenters. The van der Waals surface area contributed by atoms with Gasteiger partial charge in [0.15, 0.2) is 5.82 Å². The van der Waals surface area contributed by atoms with Gasteiger partial charge in [0, 0.05) is 56.1 Å². The number of hydrogen-bond donors (Lipinski definition) is 2. The fourth-order valence-corrected chi connectivity index (χ4v) is 7.98. The number of fused-ring (bicyclic) bond motifs is 6. The van der Waals surface area contributed by atoms with E-state index in [9.17, 15) is 17.6 Å². The Kier molecular flexibility index (Phi) is 6.22. The first kappa shape index (κ1) is 27.7. The summed E-state index contributed by atoms with van der Waals surface area (Å²) in [5, 5.41) is 3.63. The third-order valence-corrected chi connectivity index (χ3v) is 9.80. The molecular formula is C30H33F4N9O. The standard InChI is InChI=1S/C30H33F4N9O/c1-16-9-22(35)39-24(23(16)30(32,33)34)20-10-21-25(43-8-6-36-26(20)43)27(41-13-18-3-4-19(14-41)37-18)40-28(38-21)44-15-29-5-2-7-42(29)12-17(31)11-29/h6,8-10,17-19,37H,2-5,7,11-15H2,1H3,(H2,35,39)/t17-,18-,19+,29+/m1/s1. The van der Waals surface area contributed by atoms with E-state index in [1.165, 1.54) is 13.0 Å². The van der Waals surface area contributed by atoms with Gasteiger partial charge in [-0.25, -0.2) is 14.4 Å². The van der Waals surface area contributed by atoms with Crippen LogP contribution in [-0.4, -0.2) is 85.8 Å². The number of nitrogens with zero attached hydrogens (tertiary/aromatic N) is 7. The zero-order valence-corrected chi connectivity index (χ0v) is 24.2. The summed E-state index contributed by atoms with van der Waals surface area (Å²) >= 11 is 0. The molecule has 232 valence electrons. The number of alkyl halides is 4. The fraction of sp³-hybridized carbons (Fsp3) is 0.533. The molecular weight excluding hydrogens is 578 g/mol. The molecule has 0 amide bonds. The van der Waals surface area contributed by atoms with Crippen molar-refractivity contribution < 1.29 is 22.3 Å². The van der Waals surface area contributed by atoms with Gasteiger partial charge in [0.05, 0.1) is 22.3 Å². The van der Waals surface area contributed by atoms with Gasteiger partial charge >= 0.3 is 12.2 Å².